The molecule has 1 heterocycles. The molecule has 0 spiro atoms. The van der Waals surface area contributed by atoms with Crippen molar-refractivity contribution in [1.82, 2.24) is 10.2 Å². The number of halogens is 1. The Kier molecular flexibility index (Phi) is 4.66. The van der Waals surface area contributed by atoms with Crippen LogP contribution in [0.2, 0.25) is 0 Å². The number of aryl methyl sites for hydroxylation is 2. The van der Waals surface area contributed by atoms with Gasteiger partial charge in [0.05, 0.1) is 0 Å². The van der Waals surface area contributed by atoms with Crippen molar-refractivity contribution in [2.45, 2.75) is 38.3 Å². The predicted molar refractivity (Wildman–Crippen MR) is 78.5 cm³/mol. The molecule has 1 N–H and O–H groups in total. The molecule has 2 nitrogen and oxygen atoms in total. The molecule has 3 heteroatoms. The van der Waals surface area contributed by atoms with E-state index in [2.05, 4.69) is 35.5 Å². The molecule has 100 valence electrons. The van der Waals surface area contributed by atoms with Crippen LogP contribution in [-0.4, -0.2) is 31.1 Å². The Balaban J connectivity index is 0.00000120. The molecule has 0 saturated carbocycles. The molecule has 1 atom stereocenters. The maximum Gasteiger partial charge on any atom is 0.0234 e. The van der Waals surface area contributed by atoms with E-state index in [0.29, 0.717) is 6.04 Å². The van der Waals surface area contributed by atoms with Crippen molar-refractivity contribution in [2.75, 3.05) is 20.1 Å². The molecular weight excluding hydrogens is 244 g/mol. The first kappa shape index (κ1) is 13.9. The normalized spacial score (nSPS) is 22.8. The van der Waals surface area contributed by atoms with Gasteiger partial charge in [-0.3, -0.25) is 4.90 Å². The van der Waals surface area contributed by atoms with E-state index in [4.69, 9.17) is 0 Å². The number of hydrogen-bond acceptors (Lipinski definition) is 2. The summed E-state index contributed by atoms with van der Waals surface area (Å²) in [5, 5.41) is 3.38. The van der Waals surface area contributed by atoms with Gasteiger partial charge in [-0.15, -0.1) is 12.4 Å². The Hall–Kier alpha value is -0.570. The fraction of sp³-hybridized carbons (Fsp3) is 0.600. The number of fused-ring (bicyclic) bond motifs is 1. The van der Waals surface area contributed by atoms with Crippen molar-refractivity contribution in [1.29, 1.82) is 0 Å². The summed E-state index contributed by atoms with van der Waals surface area (Å²) in [6.07, 6.45) is 5.23. The van der Waals surface area contributed by atoms with Crippen molar-refractivity contribution in [3.05, 3.63) is 34.9 Å². The molecule has 0 radical (unpaired) electrons. The number of likely N-dealkylation sites (N-methyl/N-ethyl adjacent to an activating group) is 1. The third kappa shape index (κ3) is 2.87. The van der Waals surface area contributed by atoms with E-state index in [-0.39, 0.29) is 12.4 Å². The summed E-state index contributed by atoms with van der Waals surface area (Å²) < 4.78 is 0. The van der Waals surface area contributed by atoms with Gasteiger partial charge in [-0.2, -0.15) is 0 Å². The minimum atomic E-state index is 0. The molecule has 1 unspecified atom stereocenters. The van der Waals surface area contributed by atoms with Gasteiger partial charge in [0.1, 0.15) is 0 Å². The smallest absolute Gasteiger partial charge is 0.0234 e. The highest BCUT2D eigenvalue weighted by Gasteiger charge is 2.21. The van der Waals surface area contributed by atoms with Crippen LogP contribution in [0, 0.1) is 0 Å². The zero-order valence-electron chi connectivity index (χ0n) is 11.1. The molecule has 3 rings (SSSR count). The second kappa shape index (κ2) is 6.05. The van der Waals surface area contributed by atoms with Gasteiger partial charge in [-0.25, -0.2) is 0 Å². The number of likely N-dealkylation sites (tertiary alicyclic amines) is 1. The second-order valence-corrected chi connectivity index (χ2v) is 5.47. The highest BCUT2D eigenvalue weighted by Crippen LogP contribution is 2.24. The van der Waals surface area contributed by atoms with E-state index >= 15 is 0 Å². The van der Waals surface area contributed by atoms with E-state index in [1.807, 2.05) is 0 Å². The Bertz CT molecular complexity index is 405. The van der Waals surface area contributed by atoms with Crippen LogP contribution in [0.5, 0.6) is 0 Å². The van der Waals surface area contributed by atoms with Crippen molar-refractivity contribution in [2.24, 2.45) is 0 Å². The van der Waals surface area contributed by atoms with Crippen molar-refractivity contribution >= 4 is 12.4 Å². The maximum atomic E-state index is 3.38. The summed E-state index contributed by atoms with van der Waals surface area (Å²) >= 11 is 0. The quantitative estimate of drug-likeness (QED) is 0.904. The van der Waals surface area contributed by atoms with Crippen LogP contribution in [0.25, 0.3) is 0 Å². The fourth-order valence-electron chi connectivity index (χ4n) is 3.19. The number of benzene rings is 1. The lowest BCUT2D eigenvalue weighted by atomic mass is 10.1. The van der Waals surface area contributed by atoms with Crippen LogP contribution in [0.3, 0.4) is 0 Å². The SMILES string of the molecule is CNC1CCN(Cc2ccc3c(c2)CCC3)C1.Cl. The highest BCUT2D eigenvalue weighted by molar-refractivity contribution is 5.85. The lowest BCUT2D eigenvalue weighted by molar-refractivity contribution is 0.322. The van der Waals surface area contributed by atoms with Crippen LogP contribution < -0.4 is 5.32 Å². The zero-order valence-corrected chi connectivity index (χ0v) is 11.9. The molecule has 1 aromatic rings. The lowest BCUT2D eigenvalue weighted by Gasteiger charge is -2.16. The van der Waals surface area contributed by atoms with Crippen LogP contribution in [0.4, 0.5) is 0 Å². The largest absolute Gasteiger partial charge is 0.316 e. The minimum Gasteiger partial charge on any atom is -0.316 e. The van der Waals surface area contributed by atoms with Gasteiger partial charge in [0.2, 0.25) is 0 Å². The molecule has 2 aliphatic rings. The average Bonchev–Trinajstić information content (AvgIpc) is 2.96. The lowest BCUT2D eigenvalue weighted by Crippen LogP contribution is -2.29. The van der Waals surface area contributed by atoms with E-state index in [1.54, 1.807) is 11.1 Å². The Morgan fingerprint density at radius 3 is 2.89 bits per heavy atom. The monoisotopic (exact) mass is 266 g/mol. The van der Waals surface area contributed by atoms with Crippen LogP contribution in [0.1, 0.15) is 29.5 Å². The number of nitrogens with zero attached hydrogens (tertiary/aromatic N) is 1. The van der Waals surface area contributed by atoms with Gasteiger partial charge in [-0.05, 0) is 49.4 Å². The minimum absolute atomic E-state index is 0. The van der Waals surface area contributed by atoms with Gasteiger partial charge in [0, 0.05) is 25.7 Å². The Labute approximate surface area is 116 Å². The molecule has 0 aromatic heterocycles. The van der Waals surface area contributed by atoms with Gasteiger partial charge in [0.25, 0.3) is 0 Å². The molecule has 1 fully saturated rings. The molecule has 0 bridgehead atoms. The van der Waals surface area contributed by atoms with Crippen molar-refractivity contribution in [3.63, 3.8) is 0 Å². The van der Waals surface area contributed by atoms with Gasteiger partial charge in [-0.1, -0.05) is 18.2 Å². The first-order valence-corrected chi connectivity index (χ1v) is 6.85. The van der Waals surface area contributed by atoms with Gasteiger partial charge >= 0.3 is 0 Å². The average molecular weight is 267 g/mol. The van der Waals surface area contributed by atoms with Crippen LogP contribution >= 0.6 is 12.4 Å². The third-order valence-electron chi connectivity index (χ3n) is 4.25. The first-order valence-electron chi connectivity index (χ1n) is 6.85. The molecule has 1 aliphatic carbocycles. The highest BCUT2D eigenvalue weighted by atomic mass is 35.5. The standard InChI is InChI=1S/C15H22N2.ClH/c1-16-15-7-8-17(11-15)10-12-5-6-13-3-2-4-14(13)9-12;/h5-6,9,15-16H,2-4,7-8,10-11H2,1H3;1H. The topological polar surface area (TPSA) is 15.3 Å². The Morgan fingerprint density at radius 1 is 1.28 bits per heavy atom. The van der Waals surface area contributed by atoms with Crippen LogP contribution in [0.15, 0.2) is 18.2 Å². The summed E-state index contributed by atoms with van der Waals surface area (Å²) in [5.74, 6) is 0. The molecule has 1 aromatic carbocycles. The number of hydrogen-bond donors (Lipinski definition) is 1. The summed E-state index contributed by atoms with van der Waals surface area (Å²) in [5.41, 5.74) is 4.69. The van der Waals surface area contributed by atoms with E-state index in [1.165, 1.54) is 44.3 Å². The van der Waals surface area contributed by atoms with E-state index in [9.17, 15) is 0 Å². The van der Waals surface area contributed by atoms with E-state index in [0.717, 1.165) is 6.54 Å². The zero-order chi connectivity index (χ0) is 11.7. The second-order valence-electron chi connectivity index (χ2n) is 5.47. The summed E-state index contributed by atoms with van der Waals surface area (Å²) in [4.78, 5) is 2.57. The van der Waals surface area contributed by atoms with Gasteiger partial charge in [0.15, 0.2) is 0 Å². The third-order valence-corrected chi connectivity index (χ3v) is 4.25. The van der Waals surface area contributed by atoms with Gasteiger partial charge < -0.3 is 5.32 Å². The van der Waals surface area contributed by atoms with Crippen molar-refractivity contribution < 1.29 is 0 Å². The molecule has 0 amide bonds. The molecule has 1 aliphatic heterocycles. The van der Waals surface area contributed by atoms with Crippen LogP contribution in [-0.2, 0) is 19.4 Å². The molecule has 18 heavy (non-hydrogen) atoms. The molecular formula is C15H23ClN2. The van der Waals surface area contributed by atoms with Crippen molar-refractivity contribution in [3.8, 4) is 0 Å². The Morgan fingerprint density at radius 2 is 2.11 bits per heavy atom. The number of nitrogens with one attached hydrogen (secondary N) is 1. The number of rotatable bonds is 3. The summed E-state index contributed by atoms with van der Waals surface area (Å²) in [6, 6.07) is 7.82. The first-order chi connectivity index (χ1) is 8.35. The molecule has 1 saturated heterocycles. The predicted octanol–water partition coefficient (Wildman–Crippen LogP) is 2.39. The summed E-state index contributed by atoms with van der Waals surface area (Å²) in [7, 11) is 2.07. The maximum absolute atomic E-state index is 3.38. The summed E-state index contributed by atoms with van der Waals surface area (Å²) in [6.45, 7) is 3.57. The fourth-order valence-corrected chi connectivity index (χ4v) is 3.19. The van der Waals surface area contributed by atoms with E-state index < -0.39 is 0 Å².